The molecule has 1 rings (SSSR count). The topological polar surface area (TPSA) is 69.7 Å². The Morgan fingerprint density at radius 1 is 1.11 bits per heavy atom. The zero-order valence-corrected chi connectivity index (χ0v) is 12.0. The second-order valence-corrected chi connectivity index (χ2v) is 5.78. The molecule has 7 heteroatoms. The van der Waals surface area contributed by atoms with Crippen LogP contribution < -0.4 is 0 Å². The van der Waals surface area contributed by atoms with E-state index in [-0.39, 0.29) is 19.0 Å². The molecule has 0 aromatic rings. The fourth-order valence-corrected chi connectivity index (χ4v) is 2.43. The summed E-state index contributed by atoms with van der Waals surface area (Å²) in [6.07, 6.45) is 2.62. The molecule has 1 heterocycles. The Hall–Kier alpha value is -1.21. The van der Waals surface area contributed by atoms with Crippen LogP contribution in [0.15, 0.2) is 23.0 Å². The lowest BCUT2D eigenvalue weighted by molar-refractivity contribution is -0.145. The lowest BCUT2D eigenvalue weighted by atomic mass is 10.1. The number of Topliss-reactive ketones (excluding diaryl/α,β-unsaturated/α-hetero) is 1. The highest BCUT2D eigenvalue weighted by atomic mass is 32.2. The van der Waals surface area contributed by atoms with Crippen molar-refractivity contribution in [3.63, 3.8) is 0 Å². The maximum atomic E-state index is 11.3. The lowest BCUT2D eigenvalue weighted by Gasteiger charge is -2.13. The van der Waals surface area contributed by atoms with Gasteiger partial charge in [0, 0.05) is 17.2 Å². The van der Waals surface area contributed by atoms with Gasteiger partial charge in [0.25, 0.3) is 0 Å². The number of ether oxygens (including phenoxy) is 2. The first-order valence-electron chi connectivity index (χ1n) is 5.50. The first-order chi connectivity index (χ1) is 9.09. The molecular weight excluding hydrogens is 288 g/mol. The molecule has 0 N–H and O–H groups in total. The molecule has 104 valence electrons. The molecule has 0 radical (unpaired) electrons. The molecule has 0 saturated heterocycles. The summed E-state index contributed by atoms with van der Waals surface area (Å²) in [6, 6.07) is 0. The summed E-state index contributed by atoms with van der Waals surface area (Å²) >= 11 is 2.81. The Kier molecular flexibility index (Phi) is 7.35. The predicted octanol–water partition coefficient (Wildman–Crippen LogP) is 1.74. The Morgan fingerprint density at radius 3 is 2.00 bits per heavy atom. The minimum atomic E-state index is -0.627. The van der Waals surface area contributed by atoms with Gasteiger partial charge in [-0.1, -0.05) is 0 Å². The van der Waals surface area contributed by atoms with Gasteiger partial charge in [-0.3, -0.25) is 4.79 Å². The summed E-state index contributed by atoms with van der Waals surface area (Å²) < 4.78 is 9.84. The van der Waals surface area contributed by atoms with Crippen molar-refractivity contribution in [2.24, 2.45) is 5.92 Å². The van der Waals surface area contributed by atoms with Crippen LogP contribution in [0.25, 0.3) is 0 Å². The van der Waals surface area contributed by atoms with Crippen molar-refractivity contribution in [2.45, 2.75) is 6.92 Å². The second-order valence-electron chi connectivity index (χ2n) is 3.62. The van der Waals surface area contributed by atoms with E-state index < -0.39 is 17.9 Å². The predicted molar refractivity (Wildman–Crippen MR) is 74.4 cm³/mol. The SMILES string of the molecule is CC(=O)C1COC(=O)C=CSCSC=CC(=O)OC1. The molecule has 0 aliphatic carbocycles. The molecule has 0 amide bonds. The van der Waals surface area contributed by atoms with E-state index in [2.05, 4.69) is 0 Å². The first kappa shape index (κ1) is 15.8. The lowest BCUT2D eigenvalue weighted by Crippen LogP contribution is -2.25. The standard InChI is InChI=1S/C12H14O5S2/c1-9(13)10-6-16-11(14)2-4-18-8-19-5-3-12(15)17-7-10/h2-5,10H,6-8H2,1H3. The molecule has 0 saturated carbocycles. The summed E-state index contributed by atoms with van der Waals surface area (Å²) in [5, 5.41) is 3.91. The molecule has 0 aromatic heterocycles. The van der Waals surface area contributed by atoms with E-state index in [0.29, 0.717) is 5.08 Å². The number of hydrogen-bond donors (Lipinski definition) is 0. The molecule has 19 heavy (non-hydrogen) atoms. The van der Waals surface area contributed by atoms with Gasteiger partial charge < -0.3 is 9.47 Å². The van der Waals surface area contributed by atoms with Crippen LogP contribution in [0.3, 0.4) is 0 Å². The number of thioether (sulfide) groups is 2. The van der Waals surface area contributed by atoms with Crippen molar-refractivity contribution in [1.29, 1.82) is 0 Å². The van der Waals surface area contributed by atoms with Crippen LogP contribution in [0.5, 0.6) is 0 Å². The molecule has 5 nitrogen and oxygen atoms in total. The van der Waals surface area contributed by atoms with Gasteiger partial charge in [-0.25, -0.2) is 9.59 Å². The third-order valence-electron chi connectivity index (χ3n) is 2.17. The number of esters is 2. The highest BCUT2D eigenvalue weighted by Gasteiger charge is 2.18. The molecule has 0 spiro atoms. The Morgan fingerprint density at radius 2 is 1.58 bits per heavy atom. The van der Waals surface area contributed by atoms with Crippen LogP contribution in [-0.4, -0.2) is 36.0 Å². The zero-order valence-electron chi connectivity index (χ0n) is 10.4. The summed E-state index contributed by atoms with van der Waals surface area (Å²) in [5.41, 5.74) is 0. The minimum Gasteiger partial charge on any atom is -0.462 e. The summed E-state index contributed by atoms with van der Waals surface area (Å²) in [5.74, 6) is -1.84. The molecule has 0 unspecified atom stereocenters. The molecule has 0 bridgehead atoms. The number of carbonyl (C=O) groups is 3. The Bertz CT molecular complexity index is 373. The van der Waals surface area contributed by atoms with Gasteiger partial charge in [-0.15, -0.1) is 23.5 Å². The van der Waals surface area contributed by atoms with E-state index in [9.17, 15) is 14.4 Å². The smallest absolute Gasteiger partial charge is 0.331 e. The molecule has 1 aliphatic heterocycles. The van der Waals surface area contributed by atoms with Crippen LogP contribution >= 0.6 is 23.5 Å². The van der Waals surface area contributed by atoms with Gasteiger partial charge in [-0.05, 0) is 17.7 Å². The minimum absolute atomic E-state index is 0.0884. The van der Waals surface area contributed by atoms with E-state index in [1.807, 2.05) is 0 Å². The van der Waals surface area contributed by atoms with Crippen molar-refractivity contribution in [2.75, 3.05) is 18.3 Å². The van der Waals surface area contributed by atoms with Crippen LogP contribution in [-0.2, 0) is 23.9 Å². The van der Waals surface area contributed by atoms with Crippen LogP contribution in [0.4, 0.5) is 0 Å². The van der Waals surface area contributed by atoms with Crippen molar-refractivity contribution >= 4 is 41.2 Å². The fraction of sp³-hybridized carbons (Fsp3) is 0.417. The van der Waals surface area contributed by atoms with Gasteiger partial charge in [0.05, 0.1) is 5.92 Å². The average Bonchev–Trinajstić information content (AvgIpc) is 2.36. The van der Waals surface area contributed by atoms with Crippen LogP contribution in [0, 0.1) is 5.92 Å². The van der Waals surface area contributed by atoms with E-state index in [4.69, 9.17) is 9.47 Å². The average molecular weight is 302 g/mol. The molecule has 0 aromatic carbocycles. The quantitative estimate of drug-likeness (QED) is 0.683. The van der Waals surface area contributed by atoms with Gasteiger partial charge in [0.2, 0.25) is 0 Å². The molecule has 0 atom stereocenters. The normalized spacial score (nSPS) is 22.3. The number of hydrogen-bond acceptors (Lipinski definition) is 7. The number of rotatable bonds is 1. The van der Waals surface area contributed by atoms with E-state index in [1.165, 1.54) is 42.6 Å². The van der Waals surface area contributed by atoms with E-state index in [1.54, 1.807) is 10.8 Å². The van der Waals surface area contributed by atoms with E-state index >= 15 is 0 Å². The fourth-order valence-electron chi connectivity index (χ4n) is 1.07. The largest absolute Gasteiger partial charge is 0.462 e. The number of ketones is 1. The molecular formula is C12H14O5S2. The second kappa shape index (κ2) is 8.82. The number of cyclic esters (lactones) is 2. The monoisotopic (exact) mass is 302 g/mol. The van der Waals surface area contributed by atoms with Gasteiger partial charge in [0.15, 0.2) is 0 Å². The molecule has 1 aliphatic rings. The third kappa shape index (κ3) is 7.07. The van der Waals surface area contributed by atoms with Crippen LogP contribution in [0.2, 0.25) is 0 Å². The van der Waals surface area contributed by atoms with Crippen molar-refractivity contribution in [3.05, 3.63) is 23.0 Å². The van der Waals surface area contributed by atoms with Gasteiger partial charge in [0.1, 0.15) is 19.0 Å². The Balaban J connectivity index is 2.65. The van der Waals surface area contributed by atoms with Crippen molar-refractivity contribution in [3.8, 4) is 0 Å². The highest BCUT2D eigenvalue weighted by Crippen LogP contribution is 2.14. The van der Waals surface area contributed by atoms with Gasteiger partial charge in [-0.2, -0.15) is 0 Å². The van der Waals surface area contributed by atoms with Crippen LogP contribution in [0.1, 0.15) is 6.92 Å². The van der Waals surface area contributed by atoms with Gasteiger partial charge >= 0.3 is 11.9 Å². The summed E-state index contributed by atoms with van der Waals surface area (Å²) in [4.78, 5) is 34.0. The zero-order chi connectivity index (χ0) is 14.1. The third-order valence-corrected chi connectivity index (χ3v) is 3.91. The number of carbonyl (C=O) groups excluding carboxylic acids is 3. The van der Waals surface area contributed by atoms with E-state index in [0.717, 1.165) is 0 Å². The highest BCUT2D eigenvalue weighted by molar-refractivity contribution is 8.18. The maximum absolute atomic E-state index is 11.3. The van der Waals surface area contributed by atoms with Crippen molar-refractivity contribution in [1.82, 2.24) is 0 Å². The Labute approximate surface area is 119 Å². The maximum Gasteiger partial charge on any atom is 0.331 e. The van der Waals surface area contributed by atoms with Crippen molar-refractivity contribution < 1.29 is 23.9 Å². The summed E-state index contributed by atoms with van der Waals surface area (Å²) in [7, 11) is 0. The first-order valence-corrected chi connectivity index (χ1v) is 7.59. The molecule has 0 fully saturated rings. The summed E-state index contributed by atoms with van der Waals surface area (Å²) in [6.45, 7) is 1.19.